The fraction of sp³-hybridized carbons (Fsp3) is 0.529. The summed E-state index contributed by atoms with van der Waals surface area (Å²) in [5.74, 6) is 2.33. The van der Waals surface area contributed by atoms with E-state index in [9.17, 15) is 0 Å². The highest BCUT2D eigenvalue weighted by atomic mass is 32.1. The summed E-state index contributed by atoms with van der Waals surface area (Å²) in [6, 6.07) is 3.99. The molecule has 4 fully saturated rings. The Hall–Kier alpha value is -1.46. The molecule has 2 aromatic heterocycles. The molecule has 4 nitrogen and oxygen atoms in total. The van der Waals surface area contributed by atoms with Gasteiger partial charge in [0.2, 0.25) is 0 Å². The fourth-order valence-electron chi connectivity index (χ4n) is 4.63. The van der Waals surface area contributed by atoms with Gasteiger partial charge in [0, 0.05) is 54.8 Å². The van der Waals surface area contributed by atoms with Gasteiger partial charge in [-0.3, -0.25) is 4.98 Å². The predicted molar refractivity (Wildman–Crippen MR) is 85.9 cm³/mol. The molecule has 0 N–H and O–H groups in total. The van der Waals surface area contributed by atoms with E-state index >= 15 is 0 Å². The first kappa shape index (κ1) is 13.0. The van der Waals surface area contributed by atoms with Gasteiger partial charge in [0.1, 0.15) is 6.10 Å². The summed E-state index contributed by atoms with van der Waals surface area (Å²) in [7, 11) is 0. The zero-order chi connectivity index (χ0) is 14.5. The number of rotatable bonds is 3. The quantitative estimate of drug-likeness (QED) is 0.873. The van der Waals surface area contributed by atoms with Crippen LogP contribution in [-0.2, 0) is 0 Å². The number of aromatic nitrogens is 2. The van der Waals surface area contributed by atoms with Gasteiger partial charge in [-0.05, 0) is 30.9 Å². The minimum atomic E-state index is 0.376. The Morgan fingerprint density at radius 1 is 1.18 bits per heavy atom. The van der Waals surface area contributed by atoms with Crippen molar-refractivity contribution in [1.29, 1.82) is 0 Å². The Labute approximate surface area is 134 Å². The minimum Gasteiger partial charge on any atom is -0.466 e. The third kappa shape index (κ3) is 2.15. The lowest BCUT2D eigenvalue weighted by Crippen LogP contribution is -2.61. The maximum Gasteiger partial charge on any atom is 0.274 e. The summed E-state index contributed by atoms with van der Waals surface area (Å²) in [6.07, 6.45) is 6.71. The second kappa shape index (κ2) is 5.03. The minimum absolute atomic E-state index is 0.376. The van der Waals surface area contributed by atoms with E-state index in [1.807, 2.05) is 18.3 Å². The molecule has 2 aromatic rings. The van der Waals surface area contributed by atoms with Crippen molar-refractivity contribution in [1.82, 2.24) is 14.9 Å². The molecule has 4 bridgehead atoms. The molecule has 3 saturated heterocycles. The van der Waals surface area contributed by atoms with Crippen LogP contribution in [0.5, 0.6) is 5.19 Å². The van der Waals surface area contributed by atoms with Crippen LogP contribution < -0.4 is 4.74 Å². The molecule has 6 rings (SSSR count). The Kier molecular flexibility index (Phi) is 2.98. The van der Waals surface area contributed by atoms with Gasteiger partial charge in [0.25, 0.3) is 5.19 Å². The van der Waals surface area contributed by atoms with Crippen molar-refractivity contribution in [3.05, 3.63) is 29.9 Å². The topological polar surface area (TPSA) is 38.2 Å². The monoisotopic (exact) mass is 313 g/mol. The molecule has 22 heavy (non-hydrogen) atoms. The van der Waals surface area contributed by atoms with E-state index in [2.05, 4.69) is 20.2 Å². The van der Waals surface area contributed by atoms with E-state index < -0.39 is 0 Å². The molecular formula is C17H19N3OS. The molecule has 5 heterocycles. The highest BCUT2D eigenvalue weighted by molar-refractivity contribution is 7.11. The van der Waals surface area contributed by atoms with E-state index in [1.54, 1.807) is 17.5 Å². The van der Waals surface area contributed by atoms with Crippen molar-refractivity contribution in [3.63, 3.8) is 0 Å². The molecule has 3 aliphatic heterocycles. The summed E-state index contributed by atoms with van der Waals surface area (Å²) in [5, 5.41) is 2.90. The summed E-state index contributed by atoms with van der Waals surface area (Å²) < 4.78 is 6.35. The van der Waals surface area contributed by atoms with Crippen LogP contribution >= 0.6 is 11.3 Å². The molecular weight excluding hydrogens is 294 g/mol. The van der Waals surface area contributed by atoms with Gasteiger partial charge < -0.3 is 9.64 Å². The molecule has 2 unspecified atom stereocenters. The Morgan fingerprint density at radius 2 is 2.05 bits per heavy atom. The smallest absolute Gasteiger partial charge is 0.274 e. The van der Waals surface area contributed by atoms with Crippen LogP contribution in [0.15, 0.2) is 29.9 Å². The lowest BCUT2D eigenvalue weighted by atomic mass is 9.66. The highest BCUT2D eigenvalue weighted by Crippen LogP contribution is 2.45. The fourth-order valence-corrected chi connectivity index (χ4v) is 5.35. The van der Waals surface area contributed by atoms with E-state index in [0.717, 1.165) is 22.4 Å². The standard InChI is InChI=1S/C17H19N3OS/c1-2-12(6-18-3-1)15-10-22-17(19-15)21-16-13-4-11-5-14(16)9-20(7-11)8-13/h1-3,6,10-11,13-14,16H,4-5,7-9H2. The lowest BCUT2D eigenvalue weighted by molar-refractivity contribution is -0.0984. The lowest BCUT2D eigenvalue weighted by Gasteiger charge is -2.55. The van der Waals surface area contributed by atoms with Gasteiger partial charge in [-0.2, -0.15) is 0 Å². The van der Waals surface area contributed by atoms with Crippen LogP contribution in [0.2, 0.25) is 0 Å². The third-order valence-corrected chi connectivity index (χ3v) is 6.11. The SMILES string of the molecule is c1cncc(-c2csc(OC3C4CC5CC3CN(C5)C4)n2)c1. The third-order valence-electron chi connectivity index (χ3n) is 5.38. The van der Waals surface area contributed by atoms with Gasteiger partial charge in [0.05, 0.1) is 5.69 Å². The zero-order valence-electron chi connectivity index (χ0n) is 12.4. The number of ether oxygens (including phenoxy) is 1. The van der Waals surface area contributed by atoms with Crippen LogP contribution in [0.25, 0.3) is 11.3 Å². The van der Waals surface area contributed by atoms with Crippen molar-refractivity contribution in [3.8, 4) is 16.5 Å². The van der Waals surface area contributed by atoms with Crippen molar-refractivity contribution in [2.45, 2.75) is 18.9 Å². The number of piperidine rings is 3. The summed E-state index contributed by atoms with van der Waals surface area (Å²) in [4.78, 5) is 11.5. The van der Waals surface area contributed by atoms with Gasteiger partial charge >= 0.3 is 0 Å². The summed E-state index contributed by atoms with van der Waals surface area (Å²) in [5.41, 5.74) is 2.03. The van der Waals surface area contributed by atoms with E-state index in [0.29, 0.717) is 17.9 Å². The van der Waals surface area contributed by atoms with Crippen molar-refractivity contribution in [2.24, 2.45) is 17.8 Å². The molecule has 5 heteroatoms. The molecule has 1 saturated carbocycles. The normalized spacial score (nSPS) is 35.7. The number of hydrogen-bond acceptors (Lipinski definition) is 5. The molecule has 0 amide bonds. The van der Waals surface area contributed by atoms with Crippen LogP contribution in [0.3, 0.4) is 0 Å². The van der Waals surface area contributed by atoms with Crippen LogP contribution in [0, 0.1) is 17.8 Å². The first-order chi connectivity index (χ1) is 10.8. The van der Waals surface area contributed by atoms with Gasteiger partial charge in [-0.25, -0.2) is 4.98 Å². The molecule has 0 spiro atoms. The van der Waals surface area contributed by atoms with E-state index in [1.165, 1.54) is 32.5 Å². The largest absolute Gasteiger partial charge is 0.466 e. The Bertz CT molecular complexity index is 644. The average Bonchev–Trinajstić information content (AvgIpc) is 3.00. The van der Waals surface area contributed by atoms with Crippen LogP contribution in [0.4, 0.5) is 0 Å². The maximum atomic E-state index is 6.35. The van der Waals surface area contributed by atoms with Crippen LogP contribution in [-0.4, -0.2) is 40.6 Å². The highest BCUT2D eigenvalue weighted by Gasteiger charge is 2.48. The van der Waals surface area contributed by atoms with Crippen LogP contribution in [0.1, 0.15) is 12.8 Å². The molecule has 0 radical (unpaired) electrons. The Morgan fingerprint density at radius 3 is 2.77 bits per heavy atom. The number of thiazole rings is 1. The average molecular weight is 313 g/mol. The molecule has 114 valence electrons. The summed E-state index contributed by atoms with van der Waals surface area (Å²) in [6.45, 7) is 3.76. The second-order valence-electron chi connectivity index (χ2n) is 6.90. The molecule has 1 aliphatic carbocycles. The molecule has 2 atom stereocenters. The number of pyridine rings is 1. The number of hydrogen-bond donors (Lipinski definition) is 0. The predicted octanol–water partition coefficient (Wildman–Crippen LogP) is 2.92. The zero-order valence-corrected chi connectivity index (χ0v) is 13.2. The second-order valence-corrected chi connectivity index (χ2v) is 7.72. The van der Waals surface area contributed by atoms with Gasteiger partial charge in [-0.1, -0.05) is 11.3 Å². The molecule has 4 aliphatic rings. The first-order valence-electron chi connectivity index (χ1n) is 8.10. The van der Waals surface area contributed by atoms with Gasteiger partial charge in [-0.15, -0.1) is 0 Å². The number of nitrogens with zero attached hydrogens (tertiary/aromatic N) is 3. The van der Waals surface area contributed by atoms with E-state index in [-0.39, 0.29) is 0 Å². The van der Waals surface area contributed by atoms with Gasteiger partial charge in [0.15, 0.2) is 0 Å². The van der Waals surface area contributed by atoms with E-state index in [4.69, 9.17) is 4.74 Å². The summed E-state index contributed by atoms with van der Waals surface area (Å²) >= 11 is 1.61. The van der Waals surface area contributed by atoms with Crippen molar-refractivity contribution in [2.75, 3.05) is 19.6 Å². The maximum absolute atomic E-state index is 6.35. The Balaban J connectivity index is 1.35. The van der Waals surface area contributed by atoms with Crippen molar-refractivity contribution >= 4 is 11.3 Å². The van der Waals surface area contributed by atoms with Crippen molar-refractivity contribution < 1.29 is 4.74 Å². The first-order valence-corrected chi connectivity index (χ1v) is 8.98. The molecule has 0 aromatic carbocycles.